The number of sulfonamides is 1. The molecule has 0 bridgehead atoms. The Labute approximate surface area is 120 Å². The third-order valence-electron chi connectivity index (χ3n) is 3.48. The molecular weight excluding hydrogens is 278 g/mol. The van der Waals surface area contributed by atoms with Crippen molar-refractivity contribution in [2.24, 2.45) is 7.05 Å². The Morgan fingerprint density at radius 1 is 1.40 bits per heavy atom. The molecule has 20 heavy (non-hydrogen) atoms. The zero-order chi connectivity index (χ0) is 14.4. The van der Waals surface area contributed by atoms with Gasteiger partial charge >= 0.3 is 0 Å². The average molecular weight is 301 g/mol. The zero-order valence-electron chi connectivity index (χ0n) is 11.9. The number of nitrogens with zero attached hydrogens (tertiary/aromatic N) is 2. The summed E-state index contributed by atoms with van der Waals surface area (Å²) in [6.45, 7) is 0.987. The van der Waals surface area contributed by atoms with E-state index in [0.717, 1.165) is 12.8 Å². The number of hydrogen-bond acceptors (Lipinski definition) is 4. The molecule has 1 aromatic heterocycles. The lowest BCUT2D eigenvalue weighted by Crippen LogP contribution is -2.26. The normalized spacial score (nSPS) is 17.4. The summed E-state index contributed by atoms with van der Waals surface area (Å²) in [7, 11) is -1.74. The maximum atomic E-state index is 11.9. The van der Waals surface area contributed by atoms with Crippen molar-refractivity contribution in [3.63, 3.8) is 0 Å². The van der Waals surface area contributed by atoms with E-state index in [1.807, 2.05) is 0 Å². The quantitative estimate of drug-likeness (QED) is 0.773. The van der Waals surface area contributed by atoms with Crippen molar-refractivity contribution in [1.82, 2.24) is 14.3 Å². The monoisotopic (exact) mass is 301 g/mol. The van der Waals surface area contributed by atoms with Gasteiger partial charge in [0.15, 0.2) is 5.03 Å². The molecule has 1 heterocycles. The van der Waals surface area contributed by atoms with E-state index in [2.05, 4.69) is 9.71 Å². The summed E-state index contributed by atoms with van der Waals surface area (Å²) in [5, 5.41) is 0.0631. The molecular formula is C13H23N3O3S. The summed E-state index contributed by atoms with van der Waals surface area (Å²) >= 11 is 0. The summed E-state index contributed by atoms with van der Waals surface area (Å²) in [6, 6.07) is 0. The minimum absolute atomic E-state index is 0.0631. The van der Waals surface area contributed by atoms with Gasteiger partial charge in [0, 0.05) is 26.4 Å². The Kier molecular flexibility index (Phi) is 5.56. The highest BCUT2D eigenvalue weighted by molar-refractivity contribution is 7.89. The molecule has 1 aromatic rings. The third-order valence-corrected chi connectivity index (χ3v) is 4.82. The summed E-state index contributed by atoms with van der Waals surface area (Å²) in [5.74, 6) is 0. The van der Waals surface area contributed by atoms with Crippen LogP contribution < -0.4 is 4.72 Å². The van der Waals surface area contributed by atoms with Crippen LogP contribution in [0.2, 0.25) is 0 Å². The van der Waals surface area contributed by atoms with Gasteiger partial charge in [-0.2, -0.15) is 0 Å². The lowest BCUT2D eigenvalue weighted by molar-refractivity contribution is 0.0278. The van der Waals surface area contributed by atoms with Gasteiger partial charge in [-0.15, -0.1) is 0 Å². The molecule has 7 heteroatoms. The van der Waals surface area contributed by atoms with E-state index in [-0.39, 0.29) is 5.03 Å². The lowest BCUT2D eigenvalue weighted by atomic mass is 9.98. The molecule has 1 saturated carbocycles. The van der Waals surface area contributed by atoms with Crippen LogP contribution in [0, 0.1) is 0 Å². The van der Waals surface area contributed by atoms with Gasteiger partial charge in [0.25, 0.3) is 10.0 Å². The first-order valence-corrected chi connectivity index (χ1v) is 8.65. The number of hydrogen-bond donors (Lipinski definition) is 1. The second kappa shape index (κ2) is 7.19. The van der Waals surface area contributed by atoms with E-state index in [4.69, 9.17) is 4.74 Å². The Morgan fingerprint density at radius 3 is 2.80 bits per heavy atom. The van der Waals surface area contributed by atoms with Crippen LogP contribution >= 0.6 is 0 Å². The van der Waals surface area contributed by atoms with Gasteiger partial charge in [-0.1, -0.05) is 19.3 Å². The Balaban J connectivity index is 1.65. The summed E-state index contributed by atoms with van der Waals surface area (Å²) < 4.78 is 33.7. The molecule has 1 N–H and O–H groups in total. The summed E-state index contributed by atoms with van der Waals surface area (Å²) in [5.41, 5.74) is 0. The first-order valence-electron chi connectivity index (χ1n) is 7.17. The number of ether oxygens (including phenoxy) is 1. The lowest BCUT2D eigenvalue weighted by Gasteiger charge is -2.21. The largest absolute Gasteiger partial charge is 0.378 e. The van der Waals surface area contributed by atoms with Gasteiger partial charge < -0.3 is 9.30 Å². The second-order valence-corrected chi connectivity index (χ2v) is 6.97. The van der Waals surface area contributed by atoms with E-state index in [9.17, 15) is 8.42 Å². The maximum absolute atomic E-state index is 11.9. The van der Waals surface area contributed by atoms with E-state index in [1.165, 1.54) is 31.8 Å². The molecule has 1 fully saturated rings. The van der Waals surface area contributed by atoms with Crippen molar-refractivity contribution in [2.75, 3.05) is 13.2 Å². The smallest absolute Gasteiger partial charge is 0.259 e. The number of nitrogens with one attached hydrogen (secondary N) is 1. The number of imidazole rings is 1. The molecule has 0 aromatic carbocycles. The van der Waals surface area contributed by atoms with Crippen LogP contribution in [-0.4, -0.2) is 37.2 Å². The molecule has 0 aliphatic heterocycles. The molecule has 0 amide bonds. The molecule has 2 rings (SSSR count). The molecule has 1 aliphatic rings. The van der Waals surface area contributed by atoms with Crippen LogP contribution in [0.3, 0.4) is 0 Å². The molecule has 114 valence electrons. The van der Waals surface area contributed by atoms with Crippen molar-refractivity contribution in [3.05, 3.63) is 12.5 Å². The zero-order valence-corrected chi connectivity index (χ0v) is 12.7. The Bertz CT molecular complexity index is 507. The summed E-state index contributed by atoms with van der Waals surface area (Å²) in [4.78, 5) is 3.84. The molecule has 0 spiro atoms. The van der Waals surface area contributed by atoms with Crippen molar-refractivity contribution in [2.45, 2.75) is 49.7 Å². The topological polar surface area (TPSA) is 73.2 Å². The standard InChI is InChI=1S/C13H23N3O3S/c1-16-10-13(14-11-16)20(17,18)15-8-5-9-19-12-6-3-2-4-7-12/h10-12,15H,2-9H2,1H3. The number of aryl methyl sites for hydroxylation is 1. The molecule has 6 nitrogen and oxygen atoms in total. The first-order chi connectivity index (χ1) is 9.58. The highest BCUT2D eigenvalue weighted by atomic mass is 32.2. The molecule has 0 atom stereocenters. The fourth-order valence-electron chi connectivity index (χ4n) is 2.36. The van der Waals surface area contributed by atoms with Crippen molar-refractivity contribution in [3.8, 4) is 0 Å². The average Bonchev–Trinajstić information content (AvgIpc) is 2.87. The minimum atomic E-state index is -3.48. The van der Waals surface area contributed by atoms with Crippen molar-refractivity contribution >= 4 is 10.0 Å². The fourth-order valence-corrected chi connectivity index (χ4v) is 3.41. The van der Waals surface area contributed by atoms with Crippen LogP contribution in [0.15, 0.2) is 17.6 Å². The molecule has 0 saturated heterocycles. The van der Waals surface area contributed by atoms with Gasteiger partial charge in [0.1, 0.15) is 0 Å². The molecule has 0 unspecified atom stereocenters. The van der Waals surface area contributed by atoms with Crippen molar-refractivity contribution in [1.29, 1.82) is 0 Å². The van der Waals surface area contributed by atoms with Crippen LogP contribution in [0.5, 0.6) is 0 Å². The Morgan fingerprint density at radius 2 is 2.15 bits per heavy atom. The predicted octanol–water partition coefficient (Wildman–Crippen LogP) is 1.44. The highest BCUT2D eigenvalue weighted by Gasteiger charge is 2.16. The second-order valence-electron chi connectivity index (χ2n) is 5.26. The Hall–Kier alpha value is -0.920. The minimum Gasteiger partial charge on any atom is -0.378 e. The number of aromatic nitrogens is 2. The predicted molar refractivity (Wildman–Crippen MR) is 75.8 cm³/mol. The van der Waals surface area contributed by atoms with Gasteiger partial charge in [0.2, 0.25) is 0 Å². The molecule has 1 aliphatic carbocycles. The first kappa shape index (κ1) is 15.5. The van der Waals surface area contributed by atoms with Crippen LogP contribution in [0.1, 0.15) is 38.5 Å². The van der Waals surface area contributed by atoms with Gasteiger partial charge in [-0.05, 0) is 19.3 Å². The van der Waals surface area contributed by atoms with Crippen LogP contribution in [0.4, 0.5) is 0 Å². The van der Waals surface area contributed by atoms with E-state index < -0.39 is 10.0 Å². The third kappa shape index (κ3) is 4.57. The van der Waals surface area contributed by atoms with Gasteiger partial charge in [-0.3, -0.25) is 0 Å². The fraction of sp³-hybridized carbons (Fsp3) is 0.769. The van der Waals surface area contributed by atoms with E-state index >= 15 is 0 Å². The van der Waals surface area contributed by atoms with E-state index in [0.29, 0.717) is 25.7 Å². The highest BCUT2D eigenvalue weighted by Crippen LogP contribution is 2.20. The van der Waals surface area contributed by atoms with E-state index in [1.54, 1.807) is 11.6 Å². The SMILES string of the molecule is Cn1cnc(S(=O)(=O)NCCCOC2CCCCC2)c1. The van der Waals surface area contributed by atoms with Crippen LogP contribution in [0.25, 0.3) is 0 Å². The van der Waals surface area contributed by atoms with Crippen LogP contribution in [-0.2, 0) is 21.8 Å². The molecule has 0 radical (unpaired) electrons. The van der Waals surface area contributed by atoms with Gasteiger partial charge in [-0.25, -0.2) is 18.1 Å². The maximum Gasteiger partial charge on any atom is 0.259 e. The summed E-state index contributed by atoms with van der Waals surface area (Å²) in [6.07, 6.45) is 10.1. The van der Waals surface area contributed by atoms with Gasteiger partial charge in [0.05, 0.1) is 12.4 Å². The number of rotatable bonds is 7. The van der Waals surface area contributed by atoms with Crippen molar-refractivity contribution < 1.29 is 13.2 Å².